The number of para-hydroxylation sites is 2. The van der Waals surface area contributed by atoms with Crippen LogP contribution < -0.4 is 5.32 Å². The summed E-state index contributed by atoms with van der Waals surface area (Å²) in [6.07, 6.45) is 0. The van der Waals surface area contributed by atoms with Crippen LogP contribution in [-0.4, -0.2) is 15.2 Å². The Morgan fingerprint density at radius 2 is 1.81 bits per heavy atom. The fraction of sp³-hybridized carbons (Fsp3) is 0. The molecule has 1 heterocycles. The summed E-state index contributed by atoms with van der Waals surface area (Å²) in [7, 11) is 0. The monoisotopic (exact) mass is 314 g/mol. The van der Waals surface area contributed by atoms with Crippen molar-refractivity contribution >= 4 is 45.3 Å². The van der Waals surface area contributed by atoms with E-state index < -0.39 is 0 Å². The van der Waals surface area contributed by atoms with Crippen LogP contribution in [-0.2, 0) is 0 Å². The summed E-state index contributed by atoms with van der Waals surface area (Å²) in [4.78, 5) is 16.2. The molecule has 0 saturated heterocycles. The molecule has 0 aliphatic heterocycles. The van der Waals surface area contributed by atoms with Gasteiger partial charge in [-0.15, -0.1) is 0 Å². The van der Waals surface area contributed by atoms with Gasteiger partial charge in [-0.2, -0.15) is 0 Å². The van der Waals surface area contributed by atoms with Crippen LogP contribution in [0.5, 0.6) is 0 Å². The lowest BCUT2D eigenvalue weighted by molar-refractivity contribution is 0.0978. The number of hydrogen-bond acceptors (Lipinski definition) is 5. The molecule has 0 aliphatic carbocycles. The van der Waals surface area contributed by atoms with Gasteiger partial charge in [-0.1, -0.05) is 42.5 Å². The molecule has 2 aromatic carbocycles. The number of aromatic nitrogens is 1. The smallest absolute Gasteiger partial charge is 0.263 e. The van der Waals surface area contributed by atoms with Gasteiger partial charge in [0.05, 0.1) is 0 Å². The van der Waals surface area contributed by atoms with E-state index >= 15 is 0 Å². The summed E-state index contributed by atoms with van der Waals surface area (Å²) in [5.41, 5.74) is 2.01. The third kappa shape index (κ3) is 3.29. The van der Waals surface area contributed by atoms with Crippen LogP contribution in [0.3, 0.4) is 0 Å². The number of carbonyl (C=O) groups excluding carboxylic acids is 1. The summed E-state index contributed by atoms with van der Waals surface area (Å²) >= 11 is 6.26. The molecular weight excluding hydrogens is 304 g/mol. The number of oxazole rings is 1. The molecule has 1 aromatic heterocycles. The molecule has 0 radical (unpaired) electrons. The van der Waals surface area contributed by atoms with E-state index in [0.29, 0.717) is 20.7 Å². The van der Waals surface area contributed by atoms with Gasteiger partial charge in [0.25, 0.3) is 11.1 Å². The largest absolute Gasteiger partial charge is 0.431 e. The summed E-state index contributed by atoms with van der Waals surface area (Å²) in [5, 5.41) is 3.06. The van der Waals surface area contributed by atoms with Gasteiger partial charge in [0, 0.05) is 5.56 Å². The third-order valence-electron chi connectivity index (χ3n) is 2.71. The minimum absolute atomic E-state index is 0.246. The highest BCUT2D eigenvalue weighted by atomic mass is 32.2. The van der Waals surface area contributed by atoms with E-state index in [1.807, 2.05) is 30.3 Å². The first kappa shape index (κ1) is 13.8. The van der Waals surface area contributed by atoms with Crippen LogP contribution >= 0.6 is 24.0 Å². The molecule has 6 heteroatoms. The summed E-state index contributed by atoms with van der Waals surface area (Å²) in [5.74, 6) is -0.246. The predicted molar refractivity (Wildman–Crippen MR) is 86.4 cm³/mol. The Hall–Kier alpha value is -2.18. The minimum atomic E-state index is -0.246. The molecule has 0 spiro atoms. The Morgan fingerprint density at radius 1 is 1.10 bits per heavy atom. The molecule has 1 amide bonds. The molecule has 1 N–H and O–H groups in total. The van der Waals surface area contributed by atoms with Gasteiger partial charge < -0.3 is 9.73 Å². The number of rotatable bonds is 2. The van der Waals surface area contributed by atoms with E-state index in [1.54, 1.807) is 24.3 Å². The van der Waals surface area contributed by atoms with Crippen LogP contribution in [0.15, 0.2) is 64.2 Å². The number of nitrogens with one attached hydrogen (secondary N) is 1. The van der Waals surface area contributed by atoms with Crippen LogP contribution in [0.4, 0.5) is 0 Å². The van der Waals surface area contributed by atoms with Crippen molar-refractivity contribution in [1.82, 2.24) is 10.3 Å². The maximum atomic E-state index is 12.0. The fourth-order valence-corrected chi connectivity index (χ4v) is 2.64. The number of fused-ring (bicyclic) bond motifs is 1. The number of thiocarbonyl (C=S) groups is 1. The Morgan fingerprint density at radius 3 is 2.57 bits per heavy atom. The normalized spacial score (nSPS) is 10.5. The Bertz CT molecular complexity index is 767. The van der Waals surface area contributed by atoms with Crippen LogP contribution in [0.25, 0.3) is 11.1 Å². The average molecular weight is 314 g/mol. The SMILES string of the molecule is O=C(NC(=S)Sc1nc2ccccc2o1)c1ccccc1. The second-order valence-corrected chi connectivity index (χ2v) is 5.79. The fourth-order valence-electron chi connectivity index (χ4n) is 1.75. The number of benzene rings is 2. The standard InChI is InChI=1S/C15H10N2O2S2/c18-13(10-6-2-1-3-7-10)17-15(20)21-14-16-11-8-4-5-9-12(11)19-14/h1-9H,(H,17,18,20). The van der Waals surface area contributed by atoms with E-state index in [4.69, 9.17) is 16.6 Å². The highest BCUT2D eigenvalue weighted by Crippen LogP contribution is 2.23. The van der Waals surface area contributed by atoms with E-state index in [9.17, 15) is 4.79 Å². The lowest BCUT2D eigenvalue weighted by Gasteiger charge is -2.03. The molecule has 104 valence electrons. The first-order chi connectivity index (χ1) is 10.2. The number of nitrogens with zero attached hydrogens (tertiary/aromatic N) is 1. The Labute approximate surface area is 130 Å². The highest BCUT2D eigenvalue weighted by Gasteiger charge is 2.12. The van der Waals surface area contributed by atoms with Crippen molar-refractivity contribution in [2.24, 2.45) is 0 Å². The predicted octanol–water partition coefficient (Wildman–Crippen LogP) is 3.63. The van der Waals surface area contributed by atoms with E-state index in [1.165, 1.54) is 0 Å². The van der Waals surface area contributed by atoms with Crippen LogP contribution in [0.1, 0.15) is 10.4 Å². The molecule has 3 aromatic rings. The van der Waals surface area contributed by atoms with Crippen LogP contribution in [0, 0.1) is 0 Å². The van der Waals surface area contributed by atoms with E-state index in [0.717, 1.165) is 17.3 Å². The second-order valence-electron chi connectivity index (χ2n) is 4.16. The highest BCUT2D eigenvalue weighted by molar-refractivity contribution is 8.22. The average Bonchev–Trinajstić information content (AvgIpc) is 2.90. The van der Waals surface area contributed by atoms with E-state index in [-0.39, 0.29) is 5.91 Å². The molecular formula is C15H10N2O2S2. The zero-order valence-electron chi connectivity index (χ0n) is 10.8. The molecule has 0 fully saturated rings. The molecule has 3 rings (SSSR count). The zero-order valence-corrected chi connectivity index (χ0v) is 12.4. The minimum Gasteiger partial charge on any atom is -0.431 e. The van der Waals surface area contributed by atoms with Crippen molar-refractivity contribution in [2.45, 2.75) is 5.22 Å². The molecule has 0 aliphatic rings. The number of thioether (sulfide) groups is 1. The number of amides is 1. The first-order valence-corrected chi connectivity index (χ1v) is 7.38. The third-order valence-corrected chi connectivity index (χ3v) is 3.69. The van der Waals surface area contributed by atoms with Gasteiger partial charge in [0.2, 0.25) is 0 Å². The van der Waals surface area contributed by atoms with Crippen molar-refractivity contribution in [1.29, 1.82) is 0 Å². The van der Waals surface area contributed by atoms with Gasteiger partial charge >= 0.3 is 0 Å². The van der Waals surface area contributed by atoms with E-state index in [2.05, 4.69) is 10.3 Å². The molecule has 0 bridgehead atoms. The van der Waals surface area contributed by atoms with Gasteiger partial charge in [-0.05, 0) is 36.0 Å². The van der Waals surface area contributed by atoms with Crippen molar-refractivity contribution in [3.63, 3.8) is 0 Å². The molecule has 0 atom stereocenters. The second kappa shape index (κ2) is 6.07. The van der Waals surface area contributed by atoms with Crippen molar-refractivity contribution < 1.29 is 9.21 Å². The van der Waals surface area contributed by atoms with Gasteiger partial charge in [0.15, 0.2) is 5.58 Å². The molecule has 0 unspecified atom stereocenters. The summed E-state index contributed by atoms with van der Waals surface area (Å²) < 4.78 is 5.84. The zero-order chi connectivity index (χ0) is 14.7. The molecule has 0 saturated carbocycles. The van der Waals surface area contributed by atoms with Gasteiger partial charge in [-0.3, -0.25) is 4.79 Å². The Kier molecular flexibility index (Phi) is 3.98. The topological polar surface area (TPSA) is 55.1 Å². The lowest BCUT2D eigenvalue weighted by atomic mass is 10.2. The first-order valence-electron chi connectivity index (χ1n) is 6.16. The quantitative estimate of drug-likeness (QED) is 0.578. The summed E-state index contributed by atoms with van der Waals surface area (Å²) in [6, 6.07) is 16.3. The molecule has 21 heavy (non-hydrogen) atoms. The molecule has 4 nitrogen and oxygen atoms in total. The maximum absolute atomic E-state index is 12.0. The Balaban J connectivity index is 1.67. The summed E-state index contributed by atoms with van der Waals surface area (Å²) in [6.45, 7) is 0. The van der Waals surface area contributed by atoms with Crippen molar-refractivity contribution in [3.05, 3.63) is 60.2 Å². The van der Waals surface area contributed by atoms with Gasteiger partial charge in [-0.25, -0.2) is 4.98 Å². The van der Waals surface area contributed by atoms with Crippen molar-refractivity contribution in [3.8, 4) is 0 Å². The van der Waals surface area contributed by atoms with Crippen LogP contribution in [0.2, 0.25) is 0 Å². The number of carbonyl (C=O) groups is 1. The lowest BCUT2D eigenvalue weighted by Crippen LogP contribution is -2.26. The maximum Gasteiger partial charge on any atom is 0.263 e. The van der Waals surface area contributed by atoms with Crippen molar-refractivity contribution in [2.75, 3.05) is 0 Å². The van der Waals surface area contributed by atoms with Gasteiger partial charge in [0.1, 0.15) is 9.84 Å². The number of hydrogen-bond donors (Lipinski definition) is 1.